The van der Waals surface area contributed by atoms with Crippen LogP contribution >= 0.6 is 0 Å². The topological polar surface area (TPSA) is 54.0 Å². The van der Waals surface area contributed by atoms with Crippen molar-refractivity contribution in [2.45, 2.75) is 19.5 Å². The molecule has 150 valence electrons. The summed E-state index contributed by atoms with van der Waals surface area (Å²) in [5, 5.41) is 3.04. The molecule has 28 heavy (non-hydrogen) atoms. The molecule has 0 radical (unpaired) electrons. The number of carbonyl (C=O) groups excluding carboxylic acids is 1. The fraction of sp³-hybridized carbons (Fsp3) is 0.409. The van der Waals surface area contributed by atoms with Crippen LogP contribution in [-0.2, 0) is 11.3 Å². The molecule has 1 fully saturated rings. The van der Waals surface area contributed by atoms with Gasteiger partial charge < -0.3 is 19.7 Å². The van der Waals surface area contributed by atoms with Crippen molar-refractivity contribution in [1.82, 2.24) is 10.2 Å². The first-order chi connectivity index (χ1) is 13.6. The van der Waals surface area contributed by atoms with Gasteiger partial charge in [-0.25, -0.2) is 0 Å². The Morgan fingerprint density at radius 3 is 2.32 bits per heavy atom. The van der Waals surface area contributed by atoms with Gasteiger partial charge in [0.2, 0.25) is 5.91 Å². The van der Waals surface area contributed by atoms with Crippen LogP contribution < -0.4 is 19.7 Å². The van der Waals surface area contributed by atoms with Crippen LogP contribution in [0.5, 0.6) is 11.5 Å². The van der Waals surface area contributed by atoms with Crippen LogP contribution in [0.4, 0.5) is 5.69 Å². The SMILES string of the molecule is COc1ccc(N2CCN(C(C)C(=O)NCc3cccc(OC)c3)CC2)cc1. The molecular formula is C22H29N3O3. The molecule has 0 aromatic heterocycles. The Morgan fingerprint density at radius 2 is 1.68 bits per heavy atom. The van der Waals surface area contributed by atoms with E-state index in [1.165, 1.54) is 5.69 Å². The molecule has 1 N–H and O–H groups in total. The summed E-state index contributed by atoms with van der Waals surface area (Å²) in [7, 11) is 3.32. The van der Waals surface area contributed by atoms with Crippen LogP contribution in [0, 0.1) is 0 Å². The van der Waals surface area contributed by atoms with E-state index in [1.54, 1.807) is 14.2 Å². The average molecular weight is 383 g/mol. The molecule has 1 unspecified atom stereocenters. The molecule has 1 atom stereocenters. The molecule has 1 heterocycles. The Kier molecular flexibility index (Phi) is 6.76. The van der Waals surface area contributed by atoms with Crippen molar-refractivity contribution in [3.63, 3.8) is 0 Å². The second kappa shape index (κ2) is 9.46. The molecule has 0 spiro atoms. The highest BCUT2D eigenvalue weighted by molar-refractivity contribution is 5.81. The fourth-order valence-electron chi connectivity index (χ4n) is 3.45. The number of anilines is 1. The van der Waals surface area contributed by atoms with E-state index in [-0.39, 0.29) is 11.9 Å². The summed E-state index contributed by atoms with van der Waals surface area (Å²) in [6.45, 7) is 6.01. The maximum Gasteiger partial charge on any atom is 0.237 e. The van der Waals surface area contributed by atoms with Crippen molar-refractivity contribution in [1.29, 1.82) is 0 Å². The number of amides is 1. The number of methoxy groups -OCH3 is 2. The second-order valence-corrected chi connectivity index (χ2v) is 6.97. The normalized spacial score (nSPS) is 15.8. The highest BCUT2D eigenvalue weighted by Crippen LogP contribution is 2.21. The summed E-state index contributed by atoms with van der Waals surface area (Å²) in [6.07, 6.45) is 0. The summed E-state index contributed by atoms with van der Waals surface area (Å²) in [4.78, 5) is 17.2. The lowest BCUT2D eigenvalue weighted by Gasteiger charge is -2.38. The van der Waals surface area contributed by atoms with E-state index in [0.717, 1.165) is 43.2 Å². The summed E-state index contributed by atoms with van der Waals surface area (Å²) in [5.41, 5.74) is 2.22. The maximum atomic E-state index is 12.6. The highest BCUT2D eigenvalue weighted by Gasteiger charge is 2.25. The van der Waals surface area contributed by atoms with Gasteiger partial charge in [-0.1, -0.05) is 12.1 Å². The molecule has 1 saturated heterocycles. The standard InChI is InChI=1S/C22H29N3O3/c1-17(22(26)23-16-18-5-4-6-21(15-18)28-3)24-11-13-25(14-12-24)19-7-9-20(27-2)10-8-19/h4-10,15,17H,11-14,16H2,1-3H3,(H,23,26). The van der Waals surface area contributed by atoms with E-state index in [0.29, 0.717) is 6.54 Å². The van der Waals surface area contributed by atoms with Crippen molar-refractivity contribution in [2.75, 3.05) is 45.3 Å². The van der Waals surface area contributed by atoms with Crippen molar-refractivity contribution in [3.8, 4) is 11.5 Å². The van der Waals surface area contributed by atoms with Gasteiger partial charge in [0.05, 0.1) is 20.3 Å². The minimum absolute atomic E-state index is 0.0562. The summed E-state index contributed by atoms with van der Waals surface area (Å²) in [5.74, 6) is 1.72. The zero-order valence-corrected chi connectivity index (χ0v) is 16.9. The van der Waals surface area contributed by atoms with Gasteiger partial charge in [-0.05, 0) is 48.9 Å². The molecule has 1 aliphatic rings. The third-order valence-corrected chi connectivity index (χ3v) is 5.28. The Morgan fingerprint density at radius 1 is 1.00 bits per heavy atom. The van der Waals surface area contributed by atoms with E-state index < -0.39 is 0 Å². The van der Waals surface area contributed by atoms with Crippen LogP contribution in [0.15, 0.2) is 48.5 Å². The summed E-state index contributed by atoms with van der Waals surface area (Å²) < 4.78 is 10.5. The number of piperazine rings is 1. The summed E-state index contributed by atoms with van der Waals surface area (Å²) >= 11 is 0. The molecule has 6 nitrogen and oxygen atoms in total. The largest absolute Gasteiger partial charge is 0.497 e. The monoisotopic (exact) mass is 383 g/mol. The quantitative estimate of drug-likeness (QED) is 0.796. The van der Waals surface area contributed by atoms with Crippen molar-refractivity contribution < 1.29 is 14.3 Å². The fourth-order valence-corrected chi connectivity index (χ4v) is 3.45. The third kappa shape index (κ3) is 4.95. The molecule has 2 aromatic carbocycles. The first-order valence-electron chi connectivity index (χ1n) is 9.64. The number of benzene rings is 2. The van der Waals surface area contributed by atoms with Crippen molar-refractivity contribution >= 4 is 11.6 Å². The zero-order chi connectivity index (χ0) is 19.9. The number of carbonyl (C=O) groups is 1. The molecule has 0 saturated carbocycles. The smallest absolute Gasteiger partial charge is 0.237 e. The van der Waals surface area contributed by atoms with Gasteiger partial charge >= 0.3 is 0 Å². The van der Waals surface area contributed by atoms with Gasteiger partial charge in [0.1, 0.15) is 11.5 Å². The Labute approximate surface area is 167 Å². The maximum absolute atomic E-state index is 12.6. The van der Waals surface area contributed by atoms with Crippen molar-refractivity contribution in [2.24, 2.45) is 0 Å². The molecule has 2 aromatic rings. The first-order valence-corrected chi connectivity index (χ1v) is 9.64. The summed E-state index contributed by atoms with van der Waals surface area (Å²) in [6, 6.07) is 15.7. The number of nitrogens with one attached hydrogen (secondary N) is 1. The zero-order valence-electron chi connectivity index (χ0n) is 16.9. The van der Waals surface area contributed by atoms with E-state index in [2.05, 4.69) is 27.2 Å². The molecule has 6 heteroatoms. The molecule has 0 aliphatic carbocycles. The first kappa shape index (κ1) is 20.0. The van der Waals surface area contributed by atoms with Gasteiger partial charge in [0, 0.05) is 38.4 Å². The number of hydrogen-bond donors (Lipinski definition) is 1. The predicted molar refractivity (Wildman–Crippen MR) is 111 cm³/mol. The Bertz CT molecular complexity index is 771. The lowest BCUT2D eigenvalue weighted by atomic mass is 10.1. The Balaban J connectivity index is 1.48. The molecule has 3 rings (SSSR count). The predicted octanol–water partition coefficient (Wildman–Crippen LogP) is 2.53. The third-order valence-electron chi connectivity index (χ3n) is 5.28. The van der Waals surface area contributed by atoms with Gasteiger partial charge in [0.25, 0.3) is 0 Å². The number of ether oxygens (including phenoxy) is 2. The van der Waals surface area contributed by atoms with E-state index >= 15 is 0 Å². The number of hydrogen-bond acceptors (Lipinski definition) is 5. The number of rotatable bonds is 7. The van der Waals surface area contributed by atoms with E-state index in [1.807, 2.05) is 43.3 Å². The molecule has 0 bridgehead atoms. The van der Waals surface area contributed by atoms with Crippen LogP contribution in [0.3, 0.4) is 0 Å². The average Bonchev–Trinajstić information content (AvgIpc) is 2.77. The van der Waals surface area contributed by atoms with Gasteiger partial charge in [0.15, 0.2) is 0 Å². The van der Waals surface area contributed by atoms with E-state index in [9.17, 15) is 4.79 Å². The van der Waals surface area contributed by atoms with Crippen LogP contribution in [0.25, 0.3) is 0 Å². The lowest BCUT2D eigenvalue weighted by molar-refractivity contribution is -0.126. The van der Waals surface area contributed by atoms with Gasteiger partial charge in [-0.2, -0.15) is 0 Å². The minimum atomic E-state index is -0.149. The van der Waals surface area contributed by atoms with Crippen LogP contribution in [-0.4, -0.2) is 57.2 Å². The molecule has 1 amide bonds. The van der Waals surface area contributed by atoms with Crippen molar-refractivity contribution in [3.05, 3.63) is 54.1 Å². The van der Waals surface area contributed by atoms with Crippen LogP contribution in [0.1, 0.15) is 12.5 Å². The number of nitrogens with zero attached hydrogens (tertiary/aromatic N) is 2. The van der Waals surface area contributed by atoms with Crippen LogP contribution in [0.2, 0.25) is 0 Å². The Hall–Kier alpha value is -2.73. The van der Waals surface area contributed by atoms with Gasteiger partial charge in [-0.3, -0.25) is 9.69 Å². The van der Waals surface area contributed by atoms with Gasteiger partial charge in [-0.15, -0.1) is 0 Å². The van der Waals surface area contributed by atoms with E-state index in [4.69, 9.17) is 9.47 Å². The molecule has 1 aliphatic heterocycles. The second-order valence-electron chi connectivity index (χ2n) is 6.97. The molecular weight excluding hydrogens is 354 g/mol. The highest BCUT2D eigenvalue weighted by atomic mass is 16.5. The lowest BCUT2D eigenvalue weighted by Crippen LogP contribution is -2.53. The minimum Gasteiger partial charge on any atom is -0.497 e.